The number of nitrogens with zero attached hydrogens (tertiary/aromatic N) is 4. The van der Waals surface area contributed by atoms with Crippen molar-refractivity contribution in [3.05, 3.63) is 77.9 Å². The van der Waals surface area contributed by atoms with E-state index in [0.717, 1.165) is 43.8 Å². The van der Waals surface area contributed by atoms with E-state index in [-0.39, 0.29) is 12.0 Å². The van der Waals surface area contributed by atoms with Crippen LogP contribution in [0, 0.1) is 0 Å². The second kappa shape index (κ2) is 9.54. The molecule has 0 radical (unpaired) electrons. The van der Waals surface area contributed by atoms with Crippen LogP contribution in [0.15, 0.2) is 61.2 Å². The van der Waals surface area contributed by atoms with Gasteiger partial charge in [-0.1, -0.05) is 12.1 Å². The minimum absolute atomic E-state index is 0.115. The predicted octanol–water partition coefficient (Wildman–Crippen LogP) is 2.79. The maximum atomic E-state index is 12.5. The zero-order chi connectivity index (χ0) is 20.8. The number of hydrogen-bond acceptors (Lipinski definition) is 5. The maximum Gasteiger partial charge on any atom is 0.251 e. The van der Waals surface area contributed by atoms with Gasteiger partial charge in [0.25, 0.3) is 5.91 Å². The molecule has 0 atom stereocenters. The maximum absolute atomic E-state index is 12.5. The first-order valence-corrected chi connectivity index (χ1v) is 10.3. The number of piperidine rings is 1. The molecule has 1 aliphatic rings. The highest BCUT2D eigenvalue weighted by Gasteiger charge is 2.21. The summed E-state index contributed by atoms with van der Waals surface area (Å²) in [5, 5.41) is 7.16. The lowest BCUT2D eigenvalue weighted by Crippen LogP contribution is -2.37. The van der Waals surface area contributed by atoms with Crippen molar-refractivity contribution in [2.75, 3.05) is 13.1 Å². The van der Waals surface area contributed by atoms with Gasteiger partial charge in [0.05, 0.1) is 6.20 Å². The Bertz CT molecular complexity index is 964. The van der Waals surface area contributed by atoms with Crippen LogP contribution in [0.4, 0.5) is 0 Å². The van der Waals surface area contributed by atoms with Crippen LogP contribution < -0.4 is 10.1 Å². The van der Waals surface area contributed by atoms with Gasteiger partial charge in [-0.25, -0.2) is 0 Å². The van der Waals surface area contributed by atoms with Crippen LogP contribution in [-0.4, -0.2) is 44.8 Å². The average molecular weight is 406 g/mol. The standard InChI is InChI=1S/C23H27N5O2/c1-27-16-19(15-26-27)17-28-10-7-21(8-11-28)30-22-6-2-5-20(12-22)23(29)25-14-18-4-3-9-24-13-18/h2-6,9,12-13,15-16,21H,7-8,10-11,14,17H2,1H3,(H,25,29). The van der Waals surface area contributed by atoms with E-state index in [1.807, 2.05) is 54.3 Å². The van der Waals surface area contributed by atoms with Crippen molar-refractivity contribution in [3.63, 3.8) is 0 Å². The number of nitrogens with one attached hydrogen (secondary N) is 1. The molecule has 156 valence electrons. The van der Waals surface area contributed by atoms with E-state index in [2.05, 4.69) is 26.5 Å². The van der Waals surface area contributed by atoms with Gasteiger partial charge in [-0.2, -0.15) is 5.10 Å². The third kappa shape index (κ3) is 5.45. The minimum atomic E-state index is -0.115. The van der Waals surface area contributed by atoms with Crippen LogP contribution in [0.3, 0.4) is 0 Å². The quantitative estimate of drug-likeness (QED) is 0.654. The summed E-state index contributed by atoms with van der Waals surface area (Å²) in [6, 6.07) is 11.2. The van der Waals surface area contributed by atoms with E-state index in [0.29, 0.717) is 12.1 Å². The van der Waals surface area contributed by atoms with Crippen LogP contribution in [0.1, 0.15) is 34.3 Å². The molecule has 0 saturated carbocycles. The van der Waals surface area contributed by atoms with E-state index < -0.39 is 0 Å². The molecule has 3 heterocycles. The number of pyridine rings is 1. The Morgan fingerprint density at radius 1 is 1.17 bits per heavy atom. The minimum Gasteiger partial charge on any atom is -0.490 e. The van der Waals surface area contributed by atoms with Crippen LogP contribution in [0.2, 0.25) is 0 Å². The molecule has 3 aromatic rings. The molecule has 1 saturated heterocycles. The molecule has 1 fully saturated rings. The van der Waals surface area contributed by atoms with E-state index in [4.69, 9.17) is 4.74 Å². The molecule has 2 aromatic heterocycles. The molecule has 4 rings (SSSR count). The van der Waals surface area contributed by atoms with Crippen LogP contribution in [-0.2, 0) is 20.1 Å². The number of benzene rings is 1. The highest BCUT2D eigenvalue weighted by molar-refractivity contribution is 5.94. The summed E-state index contributed by atoms with van der Waals surface area (Å²) in [5.41, 5.74) is 2.81. The number of hydrogen-bond donors (Lipinski definition) is 1. The van der Waals surface area contributed by atoms with Crippen molar-refractivity contribution in [1.82, 2.24) is 25.0 Å². The number of likely N-dealkylation sites (tertiary alicyclic amines) is 1. The third-order valence-corrected chi connectivity index (χ3v) is 5.27. The van der Waals surface area contributed by atoms with Crippen molar-refractivity contribution in [2.45, 2.75) is 32.0 Å². The second-order valence-corrected chi connectivity index (χ2v) is 7.69. The van der Waals surface area contributed by atoms with Crippen molar-refractivity contribution in [3.8, 4) is 5.75 Å². The SMILES string of the molecule is Cn1cc(CN2CCC(Oc3cccc(C(=O)NCc4cccnc4)c3)CC2)cn1. The zero-order valence-corrected chi connectivity index (χ0v) is 17.2. The molecule has 0 bridgehead atoms. The number of ether oxygens (including phenoxy) is 1. The highest BCUT2D eigenvalue weighted by Crippen LogP contribution is 2.21. The van der Waals surface area contributed by atoms with Crippen LogP contribution in [0.25, 0.3) is 0 Å². The van der Waals surface area contributed by atoms with Crippen molar-refractivity contribution in [1.29, 1.82) is 0 Å². The first-order chi connectivity index (χ1) is 14.7. The molecule has 0 unspecified atom stereocenters. The highest BCUT2D eigenvalue weighted by atomic mass is 16.5. The molecule has 1 aromatic carbocycles. The second-order valence-electron chi connectivity index (χ2n) is 7.69. The Balaban J connectivity index is 1.26. The molecule has 1 amide bonds. The summed E-state index contributed by atoms with van der Waals surface area (Å²) >= 11 is 0. The number of rotatable bonds is 7. The number of carbonyl (C=O) groups excluding carboxylic acids is 1. The van der Waals surface area contributed by atoms with Gasteiger partial charge in [0.1, 0.15) is 11.9 Å². The molecule has 1 N–H and O–H groups in total. The summed E-state index contributed by atoms with van der Waals surface area (Å²) in [4.78, 5) is 19.0. The largest absolute Gasteiger partial charge is 0.490 e. The summed E-state index contributed by atoms with van der Waals surface area (Å²) in [6.45, 7) is 3.36. The smallest absolute Gasteiger partial charge is 0.251 e. The summed E-state index contributed by atoms with van der Waals surface area (Å²) in [5.74, 6) is 0.630. The Morgan fingerprint density at radius 3 is 2.77 bits per heavy atom. The van der Waals surface area contributed by atoms with E-state index in [9.17, 15) is 4.79 Å². The molecule has 7 heteroatoms. The fourth-order valence-electron chi connectivity index (χ4n) is 3.69. The Labute approximate surface area is 176 Å². The topological polar surface area (TPSA) is 72.3 Å². The summed E-state index contributed by atoms with van der Waals surface area (Å²) in [6.07, 6.45) is 9.57. The number of aryl methyl sites for hydroxylation is 1. The average Bonchev–Trinajstić information content (AvgIpc) is 3.19. The van der Waals surface area contributed by atoms with Gasteiger partial charge in [0.15, 0.2) is 0 Å². The van der Waals surface area contributed by atoms with Gasteiger partial charge in [0, 0.05) is 62.9 Å². The monoisotopic (exact) mass is 405 g/mol. The number of carbonyl (C=O) groups is 1. The molecule has 0 aliphatic carbocycles. The van der Waals surface area contributed by atoms with Crippen molar-refractivity contribution in [2.24, 2.45) is 7.05 Å². The molecule has 0 spiro atoms. The summed E-state index contributed by atoms with van der Waals surface area (Å²) < 4.78 is 8.02. The van der Waals surface area contributed by atoms with E-state index in [1.54, 1.807) is 12.4 Å². The molecule has 30 heavy (non-hydrogen) atoms. The van der Waals surface area contributed by atoms with E-state index in [1.165, 1.54) is 5.56 Å². The van der Waals surface area contributed by atoms with Crippen LogP contribution in [0.5, 0.6) is 5.75 Å². The fraction of sp³-hybridized carbons (Fsp3) is 0.348. The predicted molar refractivity (Wildman–Crippen MR) is 114 cm³/mol. The lowest BCUT2D eigenvalue weighted by molar-refractivity contribution is 0.0934. The number of amides is 1. The first-order valence-electron chi connectivity index (χ1n) is 10.3. The summed E-state index contributed by atoms with van der Waals surface area (Å²) in [7, 11) is 1.94. The lowest BCUT2D eigenvalue weighted by atomic mass is 10.1. The van der Waals surface area contributed by atoms with Gasteiger partial charge in [0.2, 0.25) is 0 Å². The Hall–Kier alpha value is -3.19. The third-order valence-electron chi connectivity index (χ3n) is 5.27. The van der Waals surface area contributed by atoms with Gasteiger partial charge in [-0.05, 0) is 42.7 Å². The molecule has 7 nitrogen and oxygen atoms in total. The van der Waals surface area contributed by atoms with Crippen molar-refractivity contribution < 1.29 is 9.53 Å². The Kier molecular flexibility index (Phi) is 6.39. The lowest BCUT2D eigenvalue weighted by Gasteiger charge is -2.31. The van der Waals surface area contributed by atoms with E-state index >= 15 is 0 Å². The van der Waals surface area contributed by atoms with Crippen LogP contribution >= 0.6 is 0 Å². The first kappa shape index (κ1) is 20.1. The van der Waals surface area contributed by atoms with Gasteiger partial charge < -0.3 is 10.1 Å². The fourth-order valence-corrected chi connectivity index (χ4v) is 3.69. The van der Waals surface area contributed by atoms with Gasteiger partial charge in [-0.15, -0.1) is 0 Å². The zero-order valence-electron chi connectivity index (χ0n) is 17.2. The molecule has 1 aliphatic heterocycles. The van der Waals surface area contributed by atoms with Gasteiger partial charge in [-0.3, -0.25) is 19.4 Å². The number of aromatic nitrogens is 3. The molecular formula is C23H27N5O2. The normalized spacial score (nSPS) is 15.1. The molecular weight excluding hydrogens is 378 g/mol. The van der Waals surface area contributed by atoms with Gasteiger partial charge >= 0.3 is 0 Å². The van der Waals surface area contributed by atoms with Crippen molar-refractivity contribution >= 4 is 5.91 Å². The Morgan fingerprint density at radius 2 is 2.03 bits per heavy atom.